The Morgan fingerprint density at radius 3 is 1.16 bits per heavy atom. The molecule has 0 bridgehead atoms. The van der Waals surface area contributed by atoms with Crippen molar-refractivity contribution in [3.8, 4) is 0 Å². The molecule has 0 unspecified atom stereocenters. The third-order valence-corrected chi connectivity index (χ3v) is 11.9. The SMILES string of the molecule is CC[N+](CC)(CC)Cc1cccc(N(c2ccc(C)c(C[N+](CC)(CC)CC)c2)c2ccc(C)c(C[N+](CC)(CC)CC)c2)c1. The number of nitrogens with zero attached hydrogens (tertiary/aromatic N) is 4. The Kier molecular flexibility index (Phi) is 13.3. The lowest BCUT2D eigenvalue weighted by Crippen LogP contribution is -2.46. The largest absolute Gasteiger partial charge is 0.321 e. The molecular formula is C41H67N4+3. The smallest absolute Gasteiger partial charge is 0.105 e. The highest BCUT2D eigenvalue weighted by molar-refractivity contribution is 5.77. The Morgan fingerprint density at radius 1 is 0.422 bits per heavy atom. The number of benzene rings is 3. The van der Waals surface area contributed by atoms with Gasteiger partial charge in [-0.05, 0) is 124 Å². The first kappa shape index (κ1) is 36.8. The average molecular weight is 616 g/mol. The highest BCUT2D eigenvalue weighted by atomic mass is 15.4. The molecule has 0 aliphatic rings. The minimum Gasteiger partial charge on any atom is -0.321 e. The minimum absolute atomic E-state index is 1.07. The standard InChI is InChI=1S/C41H67N4/c1-12-43(13-2,14-3)31-36-22-21-23-39(28-36)42(40-26-24-34(10)37(29-40)32-44(15-4,16-5)17-6)41-27-25-35(11)38(30-41)33-45(18-7,19-8)20-9/h21-30H,12-20,31-33H2,1-11H3/q+3. The molecule has 0 aromatic heterocycles. The molecule has 45 heavy (non-hydrogen) atoms. The van der Waals surface area contributed by atoms with Crippen molar-refractivity contribution in [2.75, 3.05) is 63.8 Å². The number of rotatable bonds is 18. The van der Waals surface area contributed by atoms with Gasteiger partial charge in [0.2, 0.25) is 0 Å². The summed E-state index contributed by atoms with van der Waals surface area (Å²) in [5.41, 5.74) is 10.9. The average Bonchev–Trinajstić information content (AvgIpc) is 3.08. The molecular weight excluding hydrogens is 548 g/mol. The summed E-state index contributed by atoms with van der Waals surface area (Å²) in [4.78, 5) is 2.53. The first-order chi connectivity index (χ1) is 21.6. The Balaban J connectivity index is 2.23. The second-order valence-electron chi connectivity index (χ2n) is 13.6. The molecule has 4 heteroatoms. The van der Waals surface area contributed by atoms with Gasteiger partial charge in [-0.25, -0.2) is 0 Å². The van der Waals surface area contributed by atoms with Gasteiger partial charge >= 0.3 is 0 Å². The van der Waals surface area contributed by atoms with Crippen molar-refractivity contribution in [3.63, 3.8) is 0 Å². The van der Waals surface area contributed by atoms with E-state index in [0.717, 1.165) is 92.0 Å². The number of anilines is 3. The van der Waals surface area contributed by atoms with Crippen molar-refractivity contribution >= 4 is 17.1 Å². The fraction of sp³-hybridized carbons (Fsp3) is 0.561. The lowest BCUT2D eigenvalue weighted by molar-refractivity contribution is -0.936. The molecule has 248 valence electrons. The molecule has 0 amide bonds. The van der Waals surface area contributed by atoms with Crippen LogP contribution in [0.15, 0.2) is 60.7 Å². The highest BCUT2D eigenvalue weighted by Gasteiger charge is 2.26. The maximum atomic E-state index is 2.53. The van der Waals surface area contributed by atoms with Gasteiger partial charge in [0.25, 0.3) is 0 Å². The van der Waals surface area contributed by atoms with E-state index in [9.17, 15) is 0 Å². The molecule has 0 atom stereocenters. The maximum Gasteiger partial charge on any atom is 0.105 e. The van der Waals surface area contributed by atoms with Crippen LogP contribution < -0.4 is 4.90 Å². The molecule has 0 fully saturated rings. The monoisotopic (exact) mass is 616 g/mol. The van der Waals surface area contributed by atoms with Crippen molar-refractivity contribution in [1.29, 1.82) is 0 Å². The lowest BCUT2D eigenvalue weighted by Gasteiger charge is -2.37. The first-order valence-electron chi connectivity index (χ1n) is 18.2. The number of hydrogen-bond donors (Lipinski definition) is 0. The van der Waals surface area contributed by atoms with E-state index in [-0.39, 0.29) is 0 Å². The van der Waals surface area contributed by atoms with Crippen LogP contribution >= 0.6 is 0 Å². The third-order valence-electron chi connectivity index (χ3n) is 11.9. The molecule has 0 aliphatic heterocycles. The van der Waals surface area contributed by atoms with E-state index < -0.39 is 0 Å². The zero-order valence-corrected chi connectivity index (χ0v) is 31.0. The summed E-state index contributed by atoms with van der Waals surface area (Å²) in [6.45, 7) is 39.3. The van der Waals surface area contributed by atoms with Gasteiger partial charge in [0, 0.05) is 33.8 Å². The normalized spacial score (nSPS) is 12.5. The summed E-state index contributed by atoms with van der Waals surface area (Å²) in [5, 5.41) is 0. The maximum absolute atomic E-state index is 2.53. The molecule has 3 rings (SSSR count). The van der Waals surface area contributed by atoms with E-state index in [2.05, 4.69) is 142 Å². The summed E-state index contributed by atoms with van der Waals surface area (Å²) < 4.78 is 3.35. The Hall–Kier alpha value is -2.66. The van der Waals surface area contributed by atoms with Crippen LogP contribution in [0.25, 0.3) is 0 Å². The van der Waals surface area contributed by atoms with Gasteiger partial charge in [0.05, 0.1) is 58.9 Å². The van der Waals surface area contributed by atoms with Gasteiger partial charge in [0.1, 0.15) is 19.6 Å². The Morgan fingerprint density at radius 2 is 0.778 bits per heavy atom. The van der Waals surface area contributed by atoms with Crippen molar-refractivity contribution in [2.45, 2.75) is 95.8 Å². The summed E-state index contributed by atoms with van der Waals surface area (Å²) >= 11 is 0. The summed E-state index contributed by atoms with van der Waals surface area (Å²) in [6.07, 6.45) is 0. The van der Waals surface area contributed by atoms with E-state index in [1.165, 1.54) is 44.9 Å². The van der Waals surface area contributed by atoms with Gasteiger partial charge in [-0.1, -0.05) is 24.3 Å². The number of quaternary nitrogens is 3. The summed E-state index contributed by atoms with van der Waals surface area (Å²) in [5.74, 6) is 0. The highest BCUT2D eigenvalue weighted by Crippen LogP contribution is 2.38. The van der Waals surface area contributed by atoms with Crippen LogP contribution in [0.3, 0.4) is 0 Å². The van der Waals surface area contributed by atoms with E-state index in [1.807, 2.05) is 0 Å². The molecule has 3 aromatic carbocycles. The fourth-order valence-corrected chi connectivity index (χ4v) is 7.30. The van der Waals surface area contributed by atoms with Crippen molar-refractivity contribution in [1.82, 2.24) is 0 Å². The van der Waals surface area contributed by atoms with E-state index in [1.54, 1.807) is 0 Å². The zero-order chi connectivity index (χ0) is 33.3. The Bertz CT molecular complexity index is 1250. The minimum atomic E-state index is 1.07. The zero-order valence-electron chi connectivity index (χ0n) is 31.0. The van der Waals surface area contributed by atoms with Crippen molar-refractivity contribution in [3.05, 3.63) is 88.5 Å². The first-order valence-corrected chi connectivity index (χ1v) is 18.2. The van der Waals surface area contributed by atoms with Crippen LogP contribution in [-0.4, -0.2) is 72.4 Å². The molecule has 0 heterocycles. The molecule has 0 aliphatic carbocycles. The number of hydrogen-bond acceptors (Lipinski definition) is 1. The van der Waals surface area contributed by atoms with E-state index >= 15 is 0 Å². The molecule has 0 radical (unpaired) electrons. The van der Waals surface area contributed by atoms with Crippen LogP contribution in [0.2, 0.25) is 0 Å². The quantitative estimate of drug-likeness (QED) is 0.129. The van der Waals surface area contributed by atoms with Gasteiger partial charge in [-0.2, -0.15) is 0 Å². The second-order valence-corrected chi connectivity index (χ2v) is 13.6. The fourth-order valence-electron chi connectivity index (χ4n) is 7.30. The molecule has 0 N–H and O–H groups in total. The van der Waals surface area contributed by atoms with Gasteiger partial charge < -0.3 is 18.3 Å². The predicted molar refractivity (Wildman–Crippen MR) is 197 cm³/mol. The van der Waals surface area contributed by atoms with Crippen LogP contribution in [0.1, 0.15) is 90.1 Å². The van der Waals surface area contributed by atoms with Crippen molar-refractivity contribution < 1.29 is 13.4 Å². The van der Waals surface area contributed by atoms with Gasteiger partial charge in [0.15, 0.2) is 0 Å². The molecule has 0 saturated carbocycles. The van der Waals surface area contributed by atoms with E-state index in [0.29, 0.717) is 0 Å². The molecule has 0 saturated heterocycles. The topological polar surface area (TPSA) is 3.24 Å². The summed E-state index contributed by atoms with van der Waals surface area (Å²) in [7, 11) is 0. The second kappa shape index (κ2) is 16.3. The number of aryl methyl sites for hydroxylation is 2. The molecule has 0 spiro atoms. The molecule has 3 aromatic rings. The lowest BCUT2D eigenvalue weighted by atomic mass is 10.0. The Labute approximate surface area is 278 Å². The van der Waals surface area contributed by atoms with Crippen LogP contribution in [0.5, 0.6) is 0 Å². The predicted octanol–water partition coefficient (Wildman–Crippen LogP) is 9.90. The summed E-state index contributed by atoms with van der Waals surface area (Å²) in [6, 6.07) is 23.8. The molecule has 4 nitrogen and oxygen atoms in total. The third kappa shape index (κ3) is 8.39. The van der Waals surface area contributed by atoms with Crippen molar-refractivity contribution in [2.24, 2.45) is 0 Å². The van der Waals surface area contributed by atoms with Gasteiger partial charge in [-0.15, -0.1) is 0 Å². The van der Waals surface area contributed by atoms with Crippen LogP contribution in [0.4, 0.5) is 17.1 Å². The van der Waals surface area contributed by atoms with Gasteiger partial charge in [-0.3, -0.25) is 0 Å². The van der Waals surface area contributed by atoms with Crippen LogP contribution in [0, 0.1) is 13.8 Å². The van der Waals surface area contributed by atoms with E-state index in [4.69, 9.17) is 0 Å². The van der Waals surface area contributed by atoms with Crippen LogP contribution in [-0.2, 0) is 19.6 Å².